The van der Waals surface area contributed by atoms with E-state index in [1.807, 2.05) is 24.3 Å². The van der Waals surface area contributed by atoms with Gasteiger partial charge < -0.3 is 10.4 Å². The largest absolute Gasteiger partial charge is 0.393 e. The summed E-state index contributed by atoms with van der Waals surface area (Å²) < 4.78 is 1.02. The number of benzene rings is 1. The highest BCUT2D eigenvalue weighted by molar-refractivity contribution is 9.10. The summed E-state index contributed by atoms with van der Waals surface area (Å²) in [6.07, 6.45) is 2.06. The van der Waals surface area contributed by atoms with Crippen LogP contribution >= 0.6 is 15.9 Å². The first kappa shape index (κ1) is 13.6. The van der Waals surface area contributed by atoms with Gasteiger partial charge in [-0.3, -0.25) is 4.79 Å². The summed E-state index contributed by atoms with van der Waals surface area (Å²) in [6, 6.07) is 7.95. The van der Waals surface area contributed by atoms with E-state index >= 15 is 0 Å². The highest BCUT2D eigenvalue weighted by atomic mass is 79.9. The Balaban J connectivity index is 1.98. The third-order valence-corrected chi connectivity index (χ3v) is 3.96. The van der Waals surface area contributed by atoms with Crippen LogP contribution in [-0.4, -0.2) is 23.7 Å². The average molecular weight is 312 g/mol. The molecule has 0 spiro atoms. The first-order chi connectivity index (χ1) is 8.54. The number of rotatable bonds is 5. The highest BCUT2D eigenvalue weighted by Gasteiger charge is 2.50. The van der Waals surface area contributed by atoms with E-state index in [0.717, 1.165) is 22.9 Å². The molecule has 1 saturated carbocycles. The van der Waals surface area contributed by atoms with Crippen LogP contribution < -0.4 is 5.32 Å². The Kier molecular flexibility index (Phi) is 4.07. The summed E-state index contributed by atoms with van der Waals surface area (Å²) in [5, 5.41) is 12.1. The van der Waals surface area contributed by atoms with Gasteiger partial charge in [-0.15, -0.1) is 0 Å². The zero-order valence-electron chi connectivity index (χ0n) is 10.4. The Morgan fingerprint density at radius 1 is 1.44 bits per heavy atom. The van der Waals surface area contributed by atoms with Gasteiger partial charge in [0.2, 0.25) is 5.91 Å². The Labute approximate surface area is 116 Å². The molecule has 1 aromatic rings. The van der Waals surface area contributed by atoms with Crippen molar-refractivity contribution in [2.75, 3.05) is 6.54 Å². The van der Waals surface area contributed by atoms with Gasteiger partial charge in [0.1, 0.15) is 0 Å². The molecule has 1 aliphatic carbocycles. The summed E-state index contributed by atoms with van der Waals surface area (Å²) in [5.41, 5.74) is 0.764. The lowest BCUT2D eigenvalue weighted by Crippen LogP contribution is -2.36. The van der Waals surface area contributed by atoms with E-state index < -0.39 is 0 Å². The number of hydrogen-bond acceptors (Lipinski definition) is 2. The number of amides is 1. The predicted molar refractivity (Wildman–Crippen MR) is 74.4 cm³/mol. The average Bonchev–Trinajstić information content (AvgIpc) is 3.10. The van der Waals surface area contributed by atoms with Crippen molar-refractivity contribution in [3.63, 3.8) is 0 Å². The number of hydrogen-bond donors (Lipinski definition) is 2. The zero-order valence-corrected chi connectivity index (χ0v) is 12.0. The van der Waals surface area contributed by atoms with Crippen LogP contribution in [0.4, 0.5) is 0 Å². The van der Waals surface area contributed by atoms with Crippen LogP contribution in [0.3, 0.4) is 0 Å². The molecule has 1 atom stereocenters. The maximum atomic E-state index is 12.2. The van der Waals surface area contributed by atoms with Crippen molar-refractivity contribution in [3.05, 3.63) is 34.3 Å². The van der Waals surface area contributed by atoms with Gasteiger partial charge in [-0.2, -0.15) is 0 Å². The molecule has 0 aliphatic heterocycles. The Bertz CT molecular complexity index is 424. The zero-order chi connectivity index (χ0) is 13.2. The number of carbonyl (C=O) groups is 1. The van der Waals surface area contributed by atoms with Crippen molar-refractivity contribution in [2.24, 2.45) is 0 Å². The molecule has 0 radical (unpaired) electrons. The summed E-state index contributed by atoms with van der Waals surface area (Å²) in [4.78, 5) is 12.2. The molecule has 0 aromatic heterocycles. The SMILES string of the molecule is CC(O)CCNC(=O)C1(c2ccc(Br)cc2)CC1. The molecule has 1 amide bonds. The standard InChI is InChI=1S/C14H18BrNO2/c1-10(17)6-9-16-13(18)14(7-8-14)11-2-4-12(15)5-3-11/h2-5,10,17H,6-9H2,1H3,(H,16,18). The second-order valence-electron chi connectivity index (χ2n) is 4.98. The molecule has 98 valence electrons. The minimum Gasteiger partial charge on any atom is -0.393 e. The first-order valence-electron chi connectivity index (χ1n) is 6.27. The van der Waals surface area contributed by atoms with Crippen molar-refractivity contribution in [3.8, 4) is 0 Å². The van der Waals surface area contributed by atoms with Crippen LogP contribution in [-0.2, 0) is 10.2 Å². The van der Waals surface area contributed by atoms with Gasteiger partial charge in [0.15, 0.2) is 0 Å². The molecule has 1 aliphatic rings. The molecule has 1 unspecified atom stereocenters. The van der Waals surface area contributed by atoms with Crippen molar-refractivity contribution in [1.29, 1.82) is 0 Å². The maximum Gasteiger partial charge on any atom is 0.230 e. The monoisotopic (exact) mass is 311 g/mol. The fourth-order valence-corrected chi connectivity index (χ4v) is 2.37. The van der Waals surface area contributed by atoms with Gasteiger partial charge in [0.25, 0.3) is 0 Å². The van der Waals surface area contributed by atoms with Crippen LogP contribution in [0.25, 0.3) is 0 Å². The van der Waals surface area contributed by atoms with Crippen molar-refractivity contribution in [2.45, 2.75) is 37.7 Å². The fraction of sp³-hybridized carbons (Fsp3) is 0.500. The quantitative estimate of drug-likeness (QED) is 0.877. The van der Waals surface area contributed by atoms with Gasteiger partial charge in [0, 0.05) is 11.0 Å². The van der Waals surface area contributed by atoms with Gasteiger partial charge in [0.05, 0.1) is 11.5 Å². The third kappa shape index (κ3) is 2.93. The van der Waals surface area contributed by atoms with Crippen molar-refractivity contribution in [1.82, 2.24) is 5.32 Å². The predicted octanol–water partition coefficient (Wildman–Crippen LogP) is 2.37. The third-order valence-electron chi connectivity index (χ3n) is 3.43. The normalized spacial score (nSPS) is 18.2. The van der Waals surface area contributed by atoms with E-state index in [1.165, 1.54) is 0 Å². The Morgan fingerprint density at radius 3 is 2.56 bits per heavy atom. The van der Waals surface area contributed by atoms with E-state index in [0.29, 0.717) is 13.0 Å². The molecular weight excluding hydrogens is 294 g/mol. The molecule has 1 aromatic carbocycles. The van der Waals surface area contributed by atoms with E-state index in [4.69, 9.17) is 0 Å². The van der Waals surface area contributed by atoms with Crippen LogP contribution in [0.15, 0.2) is 28.7 Å². The van der Waals surface area contributed by atoms with Gasteiger partial charge in [-0.05, 0) is 43.9 Å². The van der Waals surface area contributed by atoms with Crippen molar-refractivity contribution < 1.29 is 9.90 Å². The molecule has 0 saturated heterocycles. The number of halogens is 1. The second kappa shape index (κ2) is 5.41. The van der Waals surface area contributed by atoms with E-state index in [1.54, 1.807) is 6.92 Å². The molecule has 4 heteroatoms. The topological polar surface area (TPSA) is 49.3 Å². The molecule has 2 N–H and O–H groups in total. The van der Waals surface area contributed by atoms with E-state index in [-0.39, 0.29) is 17.4 Å². The van der Waals surface area contributed by atoms with E-state index in [2.05, 4.69) is 21.2 Å². The van der Waals surface area contributed by atoms with E-state index in [9.17, 15) is 9.90 Å². The second-order valence-corrected chi connectivity index (χ2v) is 5.90. The number of aliphatic hydroxyl groups excluding tert-OH is 1. The van der Waals surface area contributed by atoms with Gasteiger partial charge in [-0.25, -0.2) is 0 Å². The molecule has 3 nitrogen and oxygen atoms in total. The number of carbonyl (C=O) groups excluding carboxylic acids is 1. The lowest BCUT2D eigenvalue weighted by atomic mass is 9.95. The molecule has 18 heavy (non-hydrogen) atoms. The summed E-state index contributed by atoms with van der Waals surface area (Å²) in [7, 11) is 0. The Morgan fingerprint density at radius 2 is 2.06 bits per heavy atom. The van der Waals surface area contributed by atoms with Crippen molar-refractivity contribution >= 4 is 21.8 Å². The van der Waals surface area contributed by atoms with Crippen LogP contribution in [0.5, 0.6) is 0 Å². The smallest absolute Gasteiger partial charge is 0.230 e. The lowest BCUT2D eigenvalue weighted by Gasteiger charge is -2.16. The summed E-state index contributed by atoms with van der Waals surface area (Å²) in [6.45, 7) is 2.27. The number of aliphatic hydroxyl groups is 1. The fourth-order valence-electron chi connectivity index (χ4n) is 2.10. The molecular formula is C14H18BrNO2. The van der Waals surface area contributed by atoms with Crippen LogP contribution in [0, 0.1) is 0 Å². The summed E-state index contributed by atoms with van der Waals surface area (Å²) in [5.74, 6) is 0.0884. The Hall–Kier alpha value is -0.870. The molecule has 2 rings (SSSR count). The van der Waals surface area contributed by atoms with Gasteiger partial charge >= 0.3 is 0 Å². The maximum absolute atomic E-state index is 12.2. The molecule has 0 heterocycles. The minimum atomic E-state index is -0.367. The first-order valence-corrected chi connectivity index (χ1v) is 7.06. The lowest BCUT2D eigenvalue weighted by molar-refractivity contribution is -0.123. The summed E-state index contributed by atoms with van der Waals surface area (Å²) >= 11 is 3.40. The van der Waals surface area contributed by atoms with Gasteiger partial charge in [-0.1, -0.05) is 28.1 Å². The van der Waals surface area contributed by atoms with Crippen LogP contribution in [0.1, 0.15) is 31.7 Å². The highest BCUT2D eigenvalue weighted by Crippen LogP contribution is 2.48. The minimum absolute atomic E-state index is 0.0884. The molecule has 1 fully saturated rings. The van der Waals surface area contributed by atoms with Crippen LogP contribution in [0.2, 0.25) is 0 Å². The number of nitrogens with one attached hydrogen (secondary N) is 1. The molecule has 0 bridgehead atoms.